The van der Waals surface area contributed by atoms with Gasteiger partial charge in [-0.05, 0) is 32.2 Å². The first-order chi connectivity index (χ1) is 6.47. The van der Waals surface area contributed by atoms with Crippen LogP contribution < -0.4 is 5.32 Å². The molecule has 2 N–H and O–H groups in total. The normalized spacial score (nSPS) is 15.2. The molecule has 0 amide bonds. The second-order valence-electron chi connectivity index (χ2n) is 3.43. The zero-order valence-corrected chi connectivity index (χ0v) is 8.90. The number of likely N-dealkylation sites (N-methyl/N-ethyl adjacent to an activating group) is 1. The Kier molecular flexibility index (Phi) is 3.48. The number of halogens is 2. The Labute approximate surface area is 87.7 Å². The fourth-order valence-electron chi connectivity index (χ4n) is 1.35. The van der Waals surface area contributed by atoms with Crippen molar-refractivity contribution < 1.29 is 9.50 Å². The third-order valence-electron chi connectivity index (χ3n) is 2.03. The largest absolute Gasteiger partial charge is 0.384 e. The van der Waals surface area contributed by atoms with Gasteiger partial charge in [-0.25, -0.2) is 4.39 Å². The van der Waals surface area contributed by atoms with Crippen LogP contribution in [0.4, 0.5) is 4.39 Å². The Morgan fingerprint density at radius 1 is 1.57 bits per heavy atom. The predicted molar refractivity (Wildman–Crippen MR) is 54.9 cm³/mol. The molecule has 1 unspecified atom stereocenters. The molecule has 0 aliphatic carbocycles. The molecule has 0 bridgehead atoms. The second-order valence-corrected chi connectivity index (χ2v) is 3.86. The zero-order chi connectivity index (χ0) is 10.8. The van der Waals surface area contributed by atoms with Gasteiger partial charge in [-0.15, -0.1) is 0 Å². The minimum atomic E-state index is -1.25. The summed E-state index contributed by atoms with van der Waals surface area (Å²) in [4.78, 5) is 0. The van der Waals surface area contributed by atoms with E-state index in [1.807, 2.05) is 0 Å². The zero-order valence-electron chi connectivity index (χ0n) is 8.14. The quantitative estimate of drug-likeness (QED) is 0.811. The monoisotopic (exact) mass is 217 g/mol. The van der Waals surface area contributed by atoms with Crippen molar-refractivity contribution >= 4 is 11.6 Å². The van der Waals surface area contributed by atoms with Gasteiger partial charge >= 0.3 is 0 Å². The van der Waals surface area contributed by atoms with E-state index in [0.717, 1.165) is 0 Å². The third kappa shape index (κ3) is 2.44. The third-order valence-corrected chi connectivity index (χ3v) is 2.26. The lowest BCUT2D eigenvalue weighted by Crippen LogP contribution is -2.34. The Balaban J connectivity index is 3.10. The average molecular weight is 218 g/mol. The molecule has 0 saturated heterocycles. The number of hydrogen-bond donors (Lipinski definition) is 2. The molecule has 2 nitrogen and oxygen atoms in total. The molecule has 0 aromatic heterocycles. The van der Waals surface area contributed by atoms with Crippen molar-refractivity contribution in [1.29, 1.82) is 0 Å². The molecule has 0 spiro atoms. The van der Waals surface area contributed by atoms with Crippen molar-refractivity contribution in [1.82, 2.24) is 5.32 Å². The van der Waals surface area contributed by atoms with Crippen LogP contribution in [0.1, 0.15) is 12.5 Å². The van der Waals surface area contributed by atoms with E-state index in [2.05, 4.69) is 5.32 Å². The molecule has 78 valence electrons. The van der Waals surface area contributed by atoms with Crippen LogP contribution in [0.25, 0.3) is 0 Å². The summed E-state index contributed by atoms with van der Waals surface area (Å²) in [5.41, 5.74) is -1.04. The maximum absolute atomic E-state index is 13.3. The molecule has 1 aromatic carbocycles. The maximum Gasteiger partial charge on any atom is 0.129 e. The van der Waals surface area contributed by atoms with E-state index in [-0.39, 0.29) is 12.1 Å². The molecule has 1 atom stereocenters. The molecule has 0 aliphatic heterocycles. The van der Waals surface area contributed by atoms with Gasteiger partial charge in [0.25, 0.3) is 0 Å². The van der Waals surface area contributed by atoms with Crippen LogP contribution in [0.5, 0.6) is 0 Å². The molecule has 14 heavy (non-hydrogen) atoms. The van der Waals surface area contributed by atoms with Crippen molar-refractivity contribution in [2.75, 3.05) is 13.6 Å². The average Bonchev–Trinajstić information content (AvgIpc) is 2.09. The molecule has 0 heterocycles. The SMILES string of the molecule is CNCC(C)(O)c1cc(Cl)ccc1F. The second kappa shape index (κ2) is 4.26. The van der Waals surface area contributed by atoms with Gasteiger partial charge in [0, 0.05) is 17.1 Å². The highest BCUT2D eigenvalue weighted by atomic mass is 35.5. The smallest absolute Gasteiger partial charge is 0.129 e. The molecule has 0 saturated carbocycles. The van der Waals surface area contributed by atoms with E-state index in [1.165, 1.54) is 25.1 Å². The minimum Gasteiger partial charge on any atom is -0.384 e. The molecule has 0 fully saturated rings. The first-order valence-corrected chi connectivity index (χ1v) is 4.67. The number of aliphatic hydroxyl groups is 1. The fraction of sp³-hybridized carbons (Fsp3) is 0.400. The summed E-state index contributed by atoms with van der Waals surface area (Å²) in [6.45, 7) is 1.81. The number of hydrogen-bond acceptors (Lipinski definition) is 2. The van der Waals surface area contributed by atoms with Crippen molar-refractivity contribution in [3.8, 4) is 0 Å². The van der Waals surface area contributed by atoms with Crippen molar-refractivity contribution in [2.24, 2.45) is 0 Å². The van der Waals surface area contributed by atoms with Crippen molar-refractivity contribution in [2.45, 2.75) is 12.5 Å². The summed E-state index contributed by atoms with van der Waals surface area (Å²) in [7, 11) is 1.69. The Morgan fingerprint density at radius 3 is 2.79 bits per heavy atom. The molecular weight excluding hydrogens is 205 g/mol. The van der Waals surface area contributed by atoms with Crippen LogP contribution in [0.2, 0.25) is 5.02 Å². The lowest BCUT2D eigenvalue weighted by Gasteiger charge is -2.24. The van der Waals surface area contributed by atoms with Gasteiger partial charge < -0.3 is 10.4 Å². The molecule has 0 aliphatic rings. The highest BCUT2D eigenvalue weighted by Crippen LogP contribution is 2.25. The van der Waals surface area contributed by atoms with E-state index in [1.54, 1.807) is 7.05 Å². The fourth-order valence-corrected chi connectivity index (χ4v) is 1.52. The van der Waals surface area contributed by atoms with Crippen molar-refractivity contribution in [3.63, 3.8) is 0 Å². The minimum absolute atomic E-state index is 0.208. The topological polar surface area (TPSA) is 32.3 Å². The molecular formula is C10H13ClFNO. The Bertz CT molecular complexity index is 328. The summed E-state index contributed by atoms with van der Waals surface area (Å²) in [5.74, 6) is -0.449. The van der Waals surface area contributed by atoms with Crippen LogP contribution in [-0.4, -0.2) is 18.7 Å². The standard InChI is InChI=1S/C10H13ClFNO/c1-10(14,6-13-2)8-5-7(11)3-4-9(8)12/h3-5,13-14H,6H2,1-2H3. The summed E-state index contributed by atoms with van der Waals surface area (Å²) < 4.78 is 13.3. The van der Waals surface area contributed by atoms with Gasteiger partial charge in [-0.3, -0.25) is 0 Å². The summed E-state index contributed by atoms with van der Waals surface area (Å²) >= 11 is 5.72. The summed E-state index contributed by atoms with van der Waals surface area (Å²) in [6.07, 6.45) is 0. The lowest BCUT2D eigenvalue weighted by atomic mass is 9.95. The van der Waals surface area contributed by atoms with Gasteiger partial charge in [0.15, 0.2) is 0 Å². The van der Waals surface area contributed by atoms with E-state index < -0.39 is 11.4 Å². The van der Waals surface area contributed by atoms with Crippen LogP contribution in [0, 0.1) is 5.82 Å². The van der Waals surface area contributed by atoms with Crippen LogP contribution >= 0.6 is 11.6 Å². The summed E-state index contributed by atoms with van der Waals surface area (Å²) in [5, 5.41) is 13.1. The molecule has 1 rings (SSSR count). The van der Waals surface area contributed by atoms with Gasteiger partial charge in [0.1, 0.15) is 11.4 Å². The van der Waals surface area contributed by atoms with Crippen molar-refractivity contribution in [3.05, 3.63) is 34.6 Å². The Hall–Kier alpha value is -0.640. The van der Waals surface area contributed by atoms with Gasteiger partial charge in [0.05, 0.1) is 0 Å². The number of rotatable bonds is 3. The molecule has 4 heteroatoms. The lowest BCUT2D eigenvalue weighted by molar-refractivity contribution is 0.0554. The first-order valence-electron chi connectivity index (χ1n) is 4.30. The highest BCUT2D eigenvalue weighted by molar-refractivity contribution is 6.30. The van der Waals surface area contributed by atoms with Gasteiger partial charge in [0.2, 0.25) is 0 Å². The maximum atomic E-state index is 13.3. The number of nitrogens with one attached hydrogen (secondary N) is 1. The van der Waals surface area contributed by atoms with Crippen LogP contribution in [0.3, 0.4) is 0 Å². The van der Waals surface area contributed by atoms with Gasteiger partial charge in [-0.2, -0.15) is 0 Å². The number of benzene rings is 1. The van der Waals surface area contributed by atoms with Crippen LogP contribution in [-0.2, 0) is 5.60 Å². The predicted octanol–water partition coefficient (Wildman–Crippen LogP) is 1.91. The highest BCUT2D eigenvalue weighted by Gasteiger charge is 2.25. The molecule has 1 aromatic rings. The van der Waals surface area contributed by atoms with E-state index >= 15 is 0 Å². The molecule has 0 radical (unpaired) electrons. The van der Waals surface area contributed by atoms with Gasteiger partial charge in [-0.1, -0.05) is 11.6 Å². The summed E-state index contributed by atoms with van der Waals surface area (Å²) in [6, 6.07) is 4.14. The van der Waals surface area contributed by atoms with Crippen LogP contribution in [0.15, 0.2) is 18.2 Å². The van der Waals surface area contributed by atoms with E-state index in [0.29, 0.717) is 5.02 Å². The Morgan fingerprint density at radius 2 is 2.21 bits per heavy atom. The van der Waals surface area contributed by atoms with E-state index in [4.69, 9.17) is 11.6 Å². The van der Waals surface area contributed by atoms with E-state index in [9.17, 15) is 9.50 Å². The first kappa shape index (κ1) is 11.4.